The fraction of sp³-hybridized carbons (Fsp3) is 0.300. The van der Waals surface area contributed by atoms with Gasteiger partial charge in [0.25, 0.3) is 0 Å². The van der Waals surface area contributed by atoms with Gasteiger partial charge in [-0.3, -0.25) is 4.79 Å². The molecule has 0 fully saturated rings. The van der Waals surface area contributed by atoms with Crippen molar-refractivity contribution >= 4 is 34.8 Å². The Balaban J connectivity index is 2.87. The van der Waals surface area contributed by atoms with Crippen LogP contribution in [0.4, 0.5) is 5.69 Å². The average molecular weight is 232 g/mol. The van der Waals surface area contributed by atoms with Gasteiger partial charge in [0, 0.05) is 10.7 Å². The maximum Gasteiger partial charge on any atom is 0.242 e. The van der Waals surface area contributed by atoms with E-state index in [4.69, 9.17) is 23.2 Å². The molecule has 0 aliphatic carbocycles. The number of nitrogens with one attached hydrogen (secondary N) is 1. The molecule has 1 atom stereocenters. The molecule has 0 saturated heterocycles. The standard InChI is InChI=1S/C10H11Cl2NO/c1-6-8(12)4-3-5-9(6)13-10(14)7(2)11/h3-5,7H,1-2H3,(H,13,14). The number of carbonyl (C=O) groups excluding carboxylic acids is 1. The molecule has 0 spiro atoms. The van der Waals surface area contributed by atoms with Gasteiger partial charge in [0.1, 0.15) is 5.38 Å². The van der Waals surface area contributed by atoms with Crippen LogP contribution in [0.5, 0.6) is 0 Å². The van der Waals surface area contributed by atoms with Crippen LogP contribution in [0.3, 0.4) is 0 Å². The van der Waals surface area contributed by atoms with Gasteiger partial charge in [-0.1, -0.05) is 17.7 Å². The summed E-state index contributed by atoms with van der Waals surface area (Å²) in [5, 5.41) is 2.78. The van der Waals surface area contributed by atoms with Crippen LogP contribution in [0, 0.1) is 6.92 Å². The molecule has 0 aliphatic heterocycles. The zero-order valence-electron chi connectivity index (χ0n) is 7.97. The molecule has 4 heteroatoms. The molecule has 0 aliphatic rings. The molecule has 1 aromatic carbocycles. The number of alkyl halides is 1. The molecule has 14 heavy (non-hydrogen) atoms. The summed E-state index contributed by atoms with van der Waals surface area (Å²) < 4.78 is 0. The maximum absolute atomic E-state index is 11.3. The fourth-order valence-electron chi connectivity index (χ4n) is 0.975. The number of rotatable bonds is 2. The summed E-state index contributed by atoms with van der Waals surface area (Å²) in [7, 11) is 0. The predicted octanol–water partition coefficient (Wildman–Crippen LogP) is 3.21. The molecule has 1 unspecified atom stereocenters. The summed E-state index contributed by atoms with van der Waals surface area (Å²) in [5.41, 5.74) is 1.55. The van der Waals surface area contributed by atoms with Crippen LogP contribution in [0.1, 0.15) is 12.5 Å². The van der Waals surface area contributed by atoms with Gasteiger partial charge in [0.2, 0.25) is 5.91 Å². The third kappa shape index (κ3) is 2.63. The lowest BCUT2D eigenvalue weighted by Crippen LogP contribution is -2.20. The molecule has 0 saturated carbocycles. The van der Waals surface area contributed by atoms with Crippen molar-refractivity contribution in [1.29, 1.82) is 0 Å². The molecule has 0 radical (unpaired) electrons. The van der Waals surface area contributed by atoms with E-state index >= 15 is 0 Å². The van der Waals surface area contributed by atoms with Gasteiger partial charge in [0.05, 0.1) is 0 Å². The first-order valence-corrected chi connectivity index (χ1v) is 5.04. The molecule has 2 nitrogen and oxygen atoms in total. The molecule has 0 bridgehead atoms. The van der Waals surface area contributed by atoms with Gasteiger partial charge < -0.3 is 5.32 Å². The average Bonchev–Trinajstić information content (AvgIpc) is 2.12. The maximum atomic E-state index is 11.3. The van der Waals surface area contributed by atoms with Crippen molar-refractivity contribution in [2.24, 2.45) is 0 Å². The van der Waals surface area contributed by atoms with Crippen LogP contribution in [-0.4, -0.2) is 11.3 Å². The van der Waals surface area contributed by atoms with Crippen molar-refractivity contribution in [2.45, 2.75) is 19.2 Å². The molecule has 0 heterocycles. The quantitative estimate of drug-likeness (QED) is 0.779. The van der Waals surface area contributed by atoms with E-state index in [1.807, 2.05) is 6.92 Å². The van der Waals surface area contributed by atoms with Gasteiger partial charge >= 0.3 is 0 Å². The molecular formula is C10H11Cl2NO. The summed E-state index contributed by atoms with van der Waals surface area (Å²) in [6.07, 6.45) is 0. The number of halogens is 2. The second-order valence-corrected chi connectivity index (χ2v) is 4.08. The van der Waals surface area contributed by atoms with Crippen molar-refractivity contribution in [3.63, 3.8) is 0 Å². The first-order valence-electron chi connectivity index (χ1n) is 4.22. The van der Waals surface area contributed by atoms with E-state index < -0.39 is 5.38 Å². The van der Waals surface area contributed by atoms with E-state index in [0.29, 0.717) is 10.7 Å². The molecular weight excluding hydrogens is 221 g/mol. The summed E-state index contributed by atoms with van der Waals surface area (Å²) in [6.45, 7) is 3.47. The minimum Gasteiger partial charge on any atom is -0.325 e. The smallest absolute Gasteiger partial charge is 0.242 e. The summed E-state index contributed by atoms with van der Waals surface area (Å²) in [4.78, 5) is 11.3. The summed E-state index contributed by atoms with van der Waals surface area (Å²) >= 11 is 11.5. The largest absolute Gasteiger partial charge is 0.325 e. The molecule has 0 aromatic heterocycles. The van der Waals surface area contributed by atoms with E-state index in [0.717, 1.165) is 5.56 Å². The monoisotopic (exact) mass is 231 g/mol. The van der Waals surface area contributed by atoms with Crippen molar-refractivity contribution in [3.05, 3.63) is 28.8 Å². The zero-order valence-corrected chi connectivity index (χ0v) is 9.49. The Morgan fingerprint density at radius 3 is 2.71 bits per heavy atom. The highest BCUT2D eigenvalue weighted by molar-refractivity contribution is 6.33. The van der Waals surface area contributed by atoms with Crippen LogP contribution in [0.2, 0.25) is 5.02 Å². The van der Waals surface area contributed by atoms with E-state index in [2.05, 4.69) is 5.32 Å². The Hall–Kier alpha value is -0.730. The van der Waals surface area contributed by atoms with Crippen molar-refractivity contribution in [3.8, 4) is 0 Å². The number of carbonyl (C=O) groups is 1. The molecule has 1 aromatic rings. The van der Waals surface area contributed by atoms with E-state index in [1.54, 1.807) is 25.1 Å². The lowest BCUT2D eigenvalue weighted by atomic mass is 10.2. The summed E-state index contributed by atoms with van der Waals surface area (Å²) in [6, 6.07) is 5.35. The third-order valence-corrected chi connectivity index (χ3v) is 2.49. The fourth-order valence-corrected chi connectivity index (χ4v) is 1.20. The molecule has 1 rings (SSSR count). The topological polar surface area (TPSA) is 29.1 Å². The SMILES string of the molecule is Cc1c(Cl)cccc1NC(=O)C(C)Cl. The van der Waals surface area contributed by atoms with Crippen LogP contribution >= 0.6 is 23.2 Å². The lowest BCUT2D eigenvalue weighted by molar-refractivity contribution is -0.115. The highest BCUT2D eigenvalue weighted by Gasteiger charge is 2.10. The van der Waals surface area contributed by atoms with Gasteiger partial charge in [-0.05, 0) is 31.5 Å². The second-order valence-electron chi connectivity index (χ2n) is 3.02. The highest BCUT2D eigenvalue weighted by atomic mass is 35.5. The van der Waals surface area contributed by atoms with Gasteiger partial charge in [-0.25, -0.2) is 0 Å². The molecule has 1 N–H and O–H groups in total. The van der Waals surface area contributed by atoms with Crippen molar-refractivity contribution in [2.75, 3.05) is 5.32 Å². The van der Waals surface area contributed by atoms with Gasteiger partial charge in [-0.2, -0.15) is 0 Å². The molecule has 76 valence electrons. The van der Waals surface area contributed by atoms with Crippen LogP contribution < -0.4 is 5.32 Å². The first-order chi connectivity index (χ1) is 6.52. The van der Waals surface area contributed by atoms with Crippen molar-refractivity contribution < 1.29 is 4.79 Å². The Kier molecular flexibility index (Phi) is 3.78. The van der Waals surface area contributed by atoms with Gasteiger partial charge in [0.15, 0.2) is 0 Å². The number of hydrogen-bond acceptors (Lipinski definition) is 1. The van der Waals surface area contributed by atoms with Crippen LogP contribution in [0.25, 0.3) is 0 Å². The Bertz CT molecular complexity index is 350. The van der Waals surface area contributed by atoms with Crippen molar-refractivity contribution in [1.82, 2.24) is 0 Å². The normalized spacial score (nSPS) is 12.3. The minimum atomic E-state index is -0.548. The Morgan fingerprint density at radius 1 is 1.50 bits per heavy atom. The first kappa shape index (κ1) is 11.3. The Labute approximate surface area is 93.2 Å². The zero-order chi connectivity index (χ0) is 10.7. The number of hydrogen-bond donors (Lipinski definition) is 1. The van der Waals surface area contributed by atoms with Gasteiger partial charge in [-0.15, -0.1) is 11.6 Å². The van der Waals surface area contributed by atoms with E-state index in [9.17, 15) is 4.79 Å². The van der Waals surface area contributed by atoms with Crippen LogP contribution in [-0.2, 0) is 4.79 Å². The highest BCUT2D eigenvalue weighted by Crippen LogP contribution is 2.23. The number of benzene rings is 1. The second kappa shape index (κ2) is 4.67. The Morgan fingerprint density at radius 2 is 2.14 bits per heavy atom. The minimum absolute atomic E-state index is 0.225. The number of anilines is 1. The van der Waals surface area contributed by atoms with E-state index in [-0.39, 0.29) is 5.91 Å². The predicted molar refractivity (Wildman–Crippen MR) is 60.1 cm³/mol. The lowest BCUT2D eigenvalue weighted by Gasteiger charge is -2.10. The third-order valence-electron chi connectivity index (χ3n) is 1.89. The van der Waals surface area contributed by atoms with E-state index in [1.165, 1.54) is 0 Å². The summed E-state index contributed by atoms with van der Waals surface area (Å²) in [5.74, 6) is -0.225. The number of amides is 1. The van der Waals surface area contributed by atoms with Crippen LogP contribution in [0.15, 0.2) is 18.2 Å². The molecule has 1 amide bonds.